The maximum atomic E-state index is 4.08. The van der Waals surface area contributed by atoms with Crippen LogP contribution in [0.4, 0.5) is 0 Å². The molecule has 0 aliphatic carbocycles. The topological polar surface area (TPSA) is 0 Å². The van der Waals surface area contributed by atoms with Crippen LogP contribution < -0.4 is 0 Å². The van der Waals surface area contributed by atoms with Crippen LogP contribution in [0.3, 0.4) is 0 Å². The molecule has 0 amide bonds. The molecule has 0 unspecified atom stereocenters. The third-order valence-electron chi connectivity index (χ3n) is 1.23. The number of allylic oxidation sites excluding steroid dienone is 2. The molecule has 0 aromatic heterocycles. The summed E-state index contributed by atoms with van der Waals surface area (Å²) in [5.74, 6) is 0. The van der Waals surface area contributed by atoms with Gasteiger partial charge in [-0.3, -0.25) is 0 Å². The van der Waals surface area contributed by atoms with Crippen molar-refractivity contribution in [3.63, 3.8) is 0 Å². The zero-order valence-electron chi connectivity index (χ0n) is 7.70. The molecule has 0 fully saturated rings. The zero-order chi connectivity index (χ0) is 9.23. The van der Waals surface area contributed by atoms with Gasteiger partial charge in [-0.2, -0.15) is 0 Å². The molecule has 0 atom stereocenters. The van der Waals surface area contributed by atoms with Crippen molar-refractivity contribution in [3.05, 3.63) is 42.5 Å². The summed E-state index contributed by atoms with van der Waals surface area (Å²) in [5.41, 5.74) is 0. The van der Waals surface area contributed by atoms with Gasteiger partial charge in [0.2, 0.25) is 0 Å². The van der Waals surface area contributed by atoms with Gasteiger partial charge in [0.25, 0.3) is 0 Å². The molecule has 1 rings (SSSR count). The molecule has 1 aromatic carbocycles. The average Bonchev–Trinajstić information content (AvgIpc) is 2.08. The standard InChI is InChI=1S/C6H6S.C5H10/c7-6-4-2-1-3-5-6;1-3-5-4-2/h1-5,7H;3,5H,4H2,1-2H3. The van der Waals surface area contributed by atoms with Crippen LogP contribution in [0.15, 0.2) is 47.4 Å². The minimum Gasteiger partial charge on any atom is -0.143 e. The molecule has 0 saturated carbocycles. The minimum absolute atomic E-state index is 1.02. The largest absolute Gasteiger partial charge is 0.143 e. The molecule has 66 valence electrons. The number of rotatable bonds is 1. The fourth-order valence-corrected chi connectivity index (χ4v) is 0.836. The minimum atomic E-state index is 1.02. The molecule has 0 heterocycles. The average molecular weight is 180 g/mol. The number of hydrogen-bond acceptors (Lipinski definition) is 1. The summed E-state index contributed by atoms with van der Waals surface area (Å²) in [7, 11) is 0. The Morgan fingerprint density at radius 2 is 1.83 bits per heavy atom. The predicted octanol–water partition coefficient (Wildman–Crippen LogP) is 3.95. The Morgan fingerprint density at radius 3 is 2.00 bits per heavy atom. The second-order valence-electron chi connectivity index (χ2n) is 2.31. The van der Waals surface area contributed by atoms with E-state index in [4.69, 9.17) is 0 Å². The first-order valence-electron chi connectivity index (χ1n) is 4.16. The monoisotopic (exact) mass is 180 g/mol. The van der Waals surface area contributed by atoms with Gasteiger partial charge in [0.1, 0.15) is 0 Å². The van der Waals surface area contributed by atoms with E-state index in [0.29, 0.717) is 0 Å². The smallest absolute Gasteiger partial charge is 0.00399 e. The molecule has 12 heavy (non-hydrogen) atoms. The van der Waals surface area contributed by atoms with Gasteiger partial charge in [0.15, 0.2) is 0 Å². The summed E-state index contributed by atoms with van der Waals surface area (Å²) >= 11 is 4.08. The molecule has 0 bridgehead atoms. The Morgan fingerprint density at radius 1 is 1.25 bits per heavy atom. The lowest BCUT2D eigenvalue weighted by atomic mass is 10.4. The number of benzene rings is 1. The van der Waals surface area contributed by atoms with Crippen molar-refractivity contribution in [1.29, 1.82) is 0 Å². The van der Waals surface area contributed by atoms with Crippen LogP contribution in [0, 0.1) is 0 Å². The summed E-state index contributed by atoms with van der Waals surface area (Å²) in [6, 6.07) is 9.79. The number of hydrogen-bond donors (Lipinski definition) is 1. The van der Waals surface area contributed by atoms with E-state index >= 15 is 0 Å². The van der Waals surface area contributed by atoms with Crippen molar-refractivity contribution in [3.8, 4) is 0 Å². The van der Waals surface area contributed by atoms with E-state index in [1.54, 1.807) is 0 Å². The van der Waals surface area contributed by atoms with Crippen LogP contribution >= 0.6 is 12.6 Å². The van der Waals surface area contributed by atoms with Gasteiger partial charge in [-0.25, -0.2) is 0 Å². The third-order valence-corrected chi connectivity index (χ3v) is 1.53. The van der Waals surface area contributed by atoms with Crippen LogP contribution in [0.1, 0.15) is 20.3 Å². The molecular weight excluding hydrogens is 164 g/mol. The van der Waals surface area contributed by atoms with Gasteiger partial charge in [0.05, 0.1) is 0 Å². The zero-order valence-corrected chi connectivity index (χ0v) is 8.59. The summed E-state index contributed by atoms with van der Waals surface area (Å²) < 4.78 is 0. The van der Waals surface area contributed by atoms with Crippen molar-refractivity contribution in [2.75, 3.05) is 0 Å². The molecule has 0 saturated heterocycles. The molecule has 0 aliphatic heterocycles. The van der Waals surface area contributed by atoms with Crippen molar-refractivity contribution in [1.82, 2.24) is 0 Å². The molecule has 0 radical (unpaired) electrons. The molecule has 0 nitrogen and oxygen atoms in total. The SMILES string of the molecule is CC=CCC.Sc1ccccc1. The van der Waals surface area contributed by atoms with Crippen LogP contribution in [0.2, 0.25) is 0 Å². The fraction of sp³-hybridized carbons (Fsp3) is 0.273. The molecule has 0 spiro atoms. The molecule has 0 aliphatic rings. The molecular formula is C11H16S. The van der Waals surface area contributed by atoms with E-state index in [1.165, 1.54) is 0 Å². The van der Waals surface area contributed by atoms with Crippen molar-refractivity contribution in [2.45, 2.75) is 25.2 Å². The van der Waals surface area contributed by atoms with E-state index in [1.807, 2.05) is 37.3 Å². The van der Waals surface area contributed by atoms with E-state index in [9.17, 15) is 0 Å². The second kappa shape index (κ2) is 8.41. The van der Waals surface area contributed by atoms with Gasteiger partial charge in [-0.15, -0.1) is 12.6 Å². The van der Waals surface area contributed by atoms with Gasteiger partial charge in [-0.1, -0.05) is 37.3 Å². The van der Waals surface area contributed by atoms with E-state index in [2.05, 4.69) is 31.7 Å². The van der Waals surface area contributed by atoms with E-state index in [-0.39, 0.29) is 0 Å². The van der Waals surface area contributed by atoms with Gasteiger partial charge < -0.3 is 0 Å². The van der Waals surface area contributed by atoms with Gasteiger partial charge in [0, 0.05) is 4.90 Å². The predicted molar refractivity (Wildman–Crippen MR) is 58.8 cm³/mol. The van der Waals surface area contributed by atoms with E-state index < -0.39 is 0 Å². The van der Waals surface area contributed by atoms with Crippen molar-refractivity contribution >= 4 is 12.6 Å². The number of thiol groups is 1. The first-order chi connectivity index (χ1) is 5.81. The van der Waals surface area contributed by atoms with Gasteiger partial charge >= 0.3 is 0 Å². The summed E-state index contributed by atoms with van der Waals surface area (Å²) in [6.07, 6.45) is 5.34. The lowest BCUT2D eigenvalue weighted by Gasteiger charge is -1.81. The second-order valence-corrected chi connectivity index (χ2v) is 2.83. The normalized spacial score (nSPS) is 9.25. The highest BCUT2D eigenvalue weighted by Crippen LogP contribution is 2.00. The van der Waals surface area contributed by atoms with Crippen LogP contribution in [-0.4, -0.2) is 0 Å². The summed E-state index contributed by atoms with van der Waals surface area (Å²) in [5, 5.41) is 0. The molecule has 1 heteroatoms. The van der Waals surface area contributed by atoms with E-state index in [0.717, 1.165) is 11.3 Å². The van der Waals surface area contributed by atoms with Crippen LogP contribution in [-0.2, 0) is 0 Å². The van der Waals surface area contributed by atoms with Gasteiger partial charge in [-0.05, 0) is 25.5 Å². The summed E-state index contributed by atoms with van der Waals surface area (Å²) in [6.45, 7) is 4.16. The highest BCUT2D eigenvalue weighted by molar-refractivity contribution is 7.80. The maximum Gasteiger partial charge on any atom is 0.00399 e. The van der Waals surface area contributed by atoms with Crippen molar-refractivity contribution in [2.24, 2.45) is 0 Å². The highest BCUT2D eigenvalue weighted by atomic mass is 32.1. The third kappa shape index (κ3) is 7.42. The Kier molecular flexibility index (Phi) is 7.92. The molecule has 1 aromatic rings. The Hall–Kier alpha value is -0.690. The highest BCUT2D eigenvalue weighted by Gasteiger charge is 1.73. The first kappa shape index (κ1) is 11.3. The lowest BCUT2D eigenvalue weighted by molar-refractivity contribution is 1.22. The Bertz CT molecular complexity index is 202. The van der Waals surface area contributed by atoms with Crippen LogP contribution in [0.25, 0.3) is 0 Å². The first-order valence-corrected chi connectivity index (χ1v) is 4.61. The Labute approximate surface area is 80.7 Å². The van der Waals surface area contributed by atoms with Crippen molar-refractivity contribution < 1.29 is 0 Å². The lowest BCUT2D eigenvalue weighted by Crippen LogP contribution is -1.56. The van der Waals surface area contributed by atoms with Crippen LogP contribution in [0.5, 0.6) is 0 Å². The quantitative estimate of drug-likeness (QED) is 0.491. The fourth-order valence-electron chi connectivity index (χ4n) is 0.664. The maximum absolute atomic E-state index is 4.08. The molecule has 0 N–H and O–H groups in total. The Balaban J connectivity index is 0.000000217. The summed E-state index contributed by atoms with van der Waals surface area (Å²) in [4.78, 5) is 1.02.